The van der Waals surface area contributed by atoms with Crippen molar-refractivity contribution in [2.75, 3.05) is 10.5 Å². The van der Waals surface area contributed by atoms with Gasteiger partial charge in [-0.2, -0.15) is 0 Å². The SMILES string of the molecule is Nc1ncnc2c1c(-c1ccc(NS(=O)(=O)c3ccccc3)cc1)cn2C1CCCC1. The van der Waals surface area contributed by atoms with Crippen molar-refractivity contribution in [2.45, 2.75) is 36.6 Å². The lowest BCUT2D eigenvalue weighted by molar-refractivity contribution is 0.532. The Morgan fingerprint density at radius 1 is 0.968 bits per heavy atom. The summed E-state index contributed by atoms with van der Waals surface area (Å²) in [6.07, 6.45) is 8.32. The van der Waals surface area contributed by atoms with Crippen molar-refractivity contribution in [3.63, 3.8) is 0 Å². The molecule has 0 bridgehead atoms. The molecule has 158 valence electrons. The van der Waals surface area contributed by atoms with Gasteiger partial charge in [0.15, 0.2) is 0 Å². The minimum atomic E-state index is -3.63. The second-order valence-electron chi connectivity index (χ2n) is 7.84. The quantitative estimate of drug-likeness (QED) is 0.479. The molecule has 8 heteroatoms. The number of rotatable bonds is 5. The van der Waals surface area contributed by atoms with Gasteiger partial charge in [-0.3, -0.25) is 4.72 Å². The lowest BCUT2D eigenvalue weighted by atomic mass is 10.1. The lowest BCUT2D eigenvalue weighted by Gasteiger charge is -2.12. The van der Waals surface area contributed by atoms with Crippen LogP contribution in [-0.4, -0.2) is 23.0 Å². The van der Waals surface area contributed by atoms with E-state index in [0.29, 0.717) is 17.5 Å². The maximum Gasteiger partial charge on any atom is 0.261 e. The molecule has 1 fully saturated rings. The number of nitrogens with zero attached hydrogens (tertiary/aromatic N) is 3. The zero-order valence-corrected chi connectivity index (χ0v) is 17.7. The van der Waals surface area contributed by atoms with Gasteiger partial charge >= 0.3 is 0 Å². The fourth-order valence-electron chi connectivity index (χ4n) is 4.32. The molecule has 4 aromatic rings. The Hall–Kier alpha value is -3.39. The number of nitrogens with one attached hydrogen (secondary N) is 1. The van der Waals surface area contributed by atoms with E-state index in [4.69, 9.17) is 5.73 Å². The summed E-state index contributed by atoms with van der Waals surface area (Å²) in [5.41, 5.74) is 9.47. The number of nitrogens with two attached hydrogens (primary N) is 1. The lowest BCUT2D eigenvalue weighted by Crippen LogP contribution is -2.12. The second-order valence-corrected chi connectivity index (χ2v) is 9.52. The Balaban J connectivity index is 1.50. The Morgan fingerprint density at radius 3 is 2.39 bits per heavy atom. The highest BCUT2D eigenvalue weighted by atomic mass is 32.2. The van der Waals surface area contributed by atoms with Crippen LogP contribution >= 0.6 is 0 Å². The van der Waals surface area contributed by atoms with E-state index in [0.717, 1.165) is 35.0 Å². The summed E-state index contributed by atoms with van der Waals surface area (Å²) < 4.78 is 30.0. The topological polar surface area (TPSA) is 103 Å². The third-order valence-corrected chi connectivity index (χ3v) is 7.26. The van der Waals surface area contributed by atoms with E-state index in [1.54, 1.807) is 42.5 Å². The van der Waals surface area contributed by atoms with E-state index in [2.05, 4.69) is 25.5 Å². The number of nitrogen functional groups attached to an aromatic ring is 1. The summed E-state index contributed by atoms with van der Waals surface area (Å²) in [7, 11) is -3.63. The summed E-state index contributed by atoms with van der Waals surface area (Å²) >= 11 is 0. The van der Waals surface area contributed by atoms with Gasteiger partial charge in [-0.1, -0.05) is 43.2 Å². The first-order valence-corrected chi connectivity index (χ1v) is 11.8. The minimum absolute atomic E-state index is 0.226. The molecular weight excluding hydrogens is 410 g/mol. The third-order valence-electron chi connectivity index (χ3n) is 5.86. The molecule has 7 nitrogen and oxygen atoms in total. The largest absolute Gasteiger partial charge is 0.383 e. The average Bonchev–Trinajstić information content (AvgIpc) is 3.43. The number of aromatic nitrogens is 3. The first-order valence-electron chi connectivity index (χ1n) is 10.3. The first kappa shape index (κ1) is 19.6. The van der Waals surface area contributed by atoms with Gasteiger partial charge in [-0.05, 0) is 42.7 Å². The van der Waals surface area contributed by atoms with E-state index in [1.165, 1.54) is 19.2 Å². The Bertz CT molecular complexity index is 1330. The van der Waals surface area contributed by atoms with Crippen LogP contribution < -0.4 is 10.5 Å². The highest BCUT2D eigenvalue weighted by Crippen LogP contribution is 2.38. The molecular formula is C23H23N5O2S. The molecule has 2 aromatic carbocycles. The van der Waals surface area contributed by atoms with Crippen LogP contribution in [0.3, 0.4) is 0 Å². The molecule has 3 N–H and O–H groups in total. The van der Waals surface area contributed by atoms with Crippen LogP contribution in [0, 0.1) is 0 Å². The molecule has 1 aliphatic carbocycles. The summed E-state index contributed by atoms with van der Waals surface area (Å²) in [6.45, 7) is 0. The van der Waals surface area contributed by atoms with E-state index in [-0.39, 0.29) is 4.90 Å². The van der Waals surface area contributed by atoms with Gasteiger partial charge in [0, 0.05) is 23.5 Å². The molecule has 0 saturated heterocycles. The molecule has 2 heterocycles. The average molecular weight is 434 g/mol. The van der Waals surface area contributed by atoms with Crippen molar-refractivity contribution in [1.29, 1.82) is 0 Å². The van der Waals surface area contributed by atoms with E-state index >= 15 is 0 Å². The minimum Gasteiger partial charge on any atom is -0.383 e. The van der Waals surface area contributed by atoms with Crippen molar-refractivity contribution >= 4 is 32.6 Å². The highest BCUT2D eigenvalue weighted by molar-refractivity contribution is 7.92. The number of fused-ring (bicyclic) bond motifs is 1. The molecule has 31 heavy (non-hydrogen) atoms. The van der Waals surface area contributed by atoms with Crippen molar-refractivity contribution in [2.24, 2.45) is 0 Å². The monoisotopic (exact) mass is 433 g/mol. The van der Waals surface area contributed by atoms with Crippen LogP contribution in [-0.2, 0) is 10.0 Å². The molecule has 1 saturated carbocycles. The van der Waals surface area contributed by atoms with E-state index in [9.17, 15) is 8.42 Å². The van der Waals surface area contributed by atoms with Crippen LogP contribution in [0.5, 0.6) is 0 Å². The molecule has 1 aliphatic rings. The number of sulfonamides is 1. The maximum absolute atomic E-state index is 12.6. The zero-order chi connectivity index (χ0) is 21.4. The molecule has 0 amide bonds. The number of hydrogen-bond acceptors (Lipinski definition) is 5. The third kappa shape index (κ3) is 3.63. The van der Waals surface area contributed by atoms with Crippen molar-refractivity contribution in [1.82, 2.24) is 14.5 Å². The summed E-state index contributed by atoms with van der Waals surface area (Å²) in [4.78, 5) is 8.93. The number of anilines is 2. The predicted molar refractivity (Wildman–Crippen MR) is 122 cm³/mol. The molecule has 5 rings (SSSR count). The van der Waals surface area contributed by atoms with Crippen molar-refractivity contribution in [3.05, 3.63) is 67.1 Å². The molecule has 0 spiro atoms. The summed E-state index contributed by atoms with van der Waals surface area (Å²) in [5.74, 6) is 0.450. The van der Waals surface area contributed by atoms with Gasteiger partial charge in [0.05, 0.1) is 10.3 Å². The molecule has 0 aliphatic heterocycles. The smallest absolute Gasteiger partial charge is 0.261 e. The van der Waals surface area contributed by atoms with Gasteiger partial charge in [-0.25, -0.2) is 18.4 Å². The fraction of sp³-hybridized carbons (Fsp3) is 0.217. The van der Waals surface area contributed by atoms with Gasteiger partial charge in [0.25, 0.3) is 10.0 Å². The van der Waals surface area contributed by atoms with E-state index in [1.807, 2.05) is 12.1 Å². The predicted octanol–water partition coefficient (Wildman–Crippen LogP) is 4.60. The van der Waals surface area contributed by atoms with Crippen molar-refractivity contribution < 1.29 is 8.42 Å². The van der Waals surface area contributed by atoms with Crippen LogP contribution in [0.25, 0.3) is 22.2 Å². The normalized spacial score (nSPS) is 14.8. The van der Waals surface area contributed by atoms with E-state index < -0.39 is 10.0 Å². The molecule has 2 aromatic heterocycles. The highest BCUT2D eigenvalue weighted by Gasteiger charge is 2.23. The van der Waals surface area contributed by atoms with Crippen LogP contribution in [0.4, 0.5) is 11.5 Å². The van der Waals surface area contributed by atoms with Crippen LogP contribution in [0.2, 0.25) is 0 Å². The molecule has 0 unspecified atom stereocenters. The van der Waals surface area contributed by atoms with Gasteiger partial charge in [-0.15, -0.1) is 0 Å². The summed E-state index contributed by atoms with van der Waals surface area (Å²) in [6, 6.07) is 16.0. The standard InChI is InChI=1S/C23H23N5O2S/c24-22-21-20(14-28(18-6-4-5-7-18)23(21)26-15-25-22)16-10-12-17(13-11-16)27-31(29,30)19-8-2-1-3-9-19/h1-3,8-15,18,27H,4-7H2,(H2,24,25,26). The first-order chi connectivity index (χ1) is 15.0. The number of benzene rings is 2. The molecule has 0 radical (unpaired) electrons. The second kappa shape index (κ2) is 7.70. The van der Waals surface area contributed by atoms with Gasteiger partial charge < -0.3 is 10.3 Å². The van der Waals surface area contributed by atoms with Crippen molar-refractivity contribution in [3.8, 4) is 11.1 Å². The number of hydrogen-bond donors (Lipinski definition) is 2. The van der Waals surface area contributed by atoms with Crippen LogP contribution in [0.15, 0.2) is 72.0 Å². The molecule has 0 atom stereocenters. The Labute approximate surface area is 181 Å². The Morgan fingerprint density at radius 2 is 1.68 bits per heavy atom. The summed E-state index contributed by atoms with van der Waals surface area (Å²) in [5, 5.41) is 0.840. The van der Waals surface area contributed by atoms with Gasteiger partial charge in [0.2, 0.25) is 0 Å². The fourth-order valence-corrected chi connectivity index (χ4v) is 5.40. The zero-order valence-electron chi connectivity index (χ0n) is 16.9. The Kier molecular flexibility index (Phi) is 4.86. The maximum atomic E-state index is 12.6. The van der Waals surface area contributed by atoms with Gasteiger partial charge in [0.1, 0.15) is 17.8 Å². The van der Waals surface area contributed by atoms with Crippen LogP contribution in [0.1, 0.15) is 31.7 Å².